The molecule has 19 heavy (non-hydrogen) atoms. The topological polar surface area (TPSA) is 65.0 Å². The minimum atomic E-state index is -0.110. The van der Waals surface area contributed by atoms with Gasteiger partial charge in [0.15, 0.2) is 5.78 Å². The normalized spacial score (nSPS) is 10.3. The molecule has 0 fully saturated rings. The Bertz CT molecular complexity index is 611. The Morgan fingerprint density at radius 1 is 1.26 bits per heavy atom. The lowest BCUT2D eigenvalue weighted by Gasteiger charge is -2.07. The molecule has 0 unspecified atom stereocenters. The molecule has 0 aliphatic carbocycles. The lowest BCUT2D eigenvalue weighted by molar-refractivity contribution is 0.103. The summed E-state index contributed by atoms with van der Waals surface area (Å²) >= 11 is 0. The average Bonchev–Trinajstić information content (AvgIpc) is 2.46. The zero-order chi connectivity index (χ0) is 13.8. The highest BCUT2D eigenvalue weighted by molar-refractivity contribution is 6.09. The molecule has 0 radical (unpaired) electrons. The van der Waals surface area contributed by atoms with Gasteiger partial charge in [-0.15, -0.1) is 0 Å². The maximum atomic E-state index is 12.5. The molecule has 0 aliphatic rings. The number of hydrogen-bond acceptors (Lipinski definition) is 5. The fourth-order valence-electron chi connectivity index (χ4n) is 1.78. The van der Waals surface area contributed by atoms with E-state index in [2.05, 4.69) is 15.2 Å². The number of hydrogen-bond donors (Lipinski definition) is 0. The fraction of sp³-hybridized carbons (Fsp3) is 0.286. The zero-order valence-electron chi connectivity index (χ0n) is 11.2. The minimum Gasteiger partial charge on any atom is -0.495 e. The molecule has 2 heterocycles. The minimum absolute atomic E-state index is 0.110. The lowest BCUT2D eigenvalue weighted by Crippen LogP contribution is -2.09. The Hall–Kier alpha value is -2.30. The average molecular weight is 257 g/mol. The van der Waals surface area contributed by atoms with Crippen molar-refractivity contribution in [3.8, 4) is 5.75 Å². The van der Waals surface area contributed by atoms with E-state index in [9.17, 15) is 4.79 Å². The molecule has 0 amide bonds. The third-order valence-electron chi connectivity index (χ3n) is 2.78. The molecule has 0 spiro atoms. The summed E-state index contributed by atoms with van der Waals surface area (Å²) in [6.07, 6.45) is 3.75. The Labute approximate surface area is 111 Å². The summed E-state index contributed by atoms with van der Waals surface area (Å²) in [6.45, 7) is 3.76. The van der Waals surface area contributed by atoms with Gasteiger partial charge >= 0.3 is 0 Å². The first kappa shape index (κ1) is 13.1. The highest BCUT2D eigenvalue weighted by Gasteiger charge is 2.16. The fourth-order valence-corrected chi connectivity index (χ4v) is 1.78. The highest BCUT2D eigenvalue weighted by Crippen LogP contribution is 2.17. The van der Waals surface area contributed by atoms with Crippen LogP contribution in [0.4, 0.5) is 0 Å². The first-order chi connectivity index (χ1) is 9.15. The number of carbonyl (C=O) groups excluding carboxylic acids is 1. The molecule has 0 saturated carbocycles. The lowest BCUT2D eigenvalue weighted by atomic mass is 10.0. The molecule has 0 bridgehead atoms. The van der Waals surface area contributed by atoms with Crippen molar-refractivity contribution in [1.29, 1.82) is 0 Å². The molecule has 5 nitrogen and oxygen atoms in total. The van der Waals surface area contributed by atoms with E-state index < -0.39 is 0 Å². The quantitative estimate of drug-likeness (QED) is 0.784. The number of aromatic nitrogens is 3. The van der Waals surface area contributed by atoms with Crippen LogP contribution in [0.25, 0.3) is 0 Å². The van der Waals surface area contributed by atoms with E-state index in [1.165, 1.54) is 6.20 Å². The van der Waals surface area contributed by atoms with Gasteiger partial charge in [-0.05, 0) is 25.5 Å². The number of carbonyl (C=O) groups is 1. The Morgan fingerprint density at radius 2 is 2.05 bits per heavy atom. The molecule has 0 atom stereocenters. The first-order valence-electron chi connectivity index (χ1n) is 6.02. The van der Waals surface area contributed by atoms with Crippen LogP contribution >= 0.6 is 0 Å². The summed E-state index contributed by atoms with van der Waals surface area (Å²) in [5.41, 5.74) is 2.47. The monoisotopic (exact) mass is 257 g/mol. The number of pyridine rings is 1. The van der Waals surface area contributed by atoms with Gasteiger partial charge in [-0.3, -0.25) is 9.78 Å². The van der Waals surface area contributed by atoms with Crippen LogP contribution in [-0.2, 0) is 6.42 Å². The summed E-state index contributed by atoms with van der Waals surface area (Å²) in [6, 6.07) is 3.43. The van der Waals surface area contributed by atoms with Gasteiger partial charge in [0.1, 0.15) is 5.75 Å². The van der Waals surface area contributed by atoms with Gasteiger partial charge in [0.05, 0.1) is 24.7 Å². The van der Waals surface area contributed by atoms with Gasteiger partial charge in [-0.25, -0.2) is 0 Å². The van der Waals surface area contributed by atoms with Crippen LogP contribution < -0.4 is 4.74 Å². The van der Waals surface area contributed by atoms with Crippen molar-refractivity contribution in [2.75, 3.05) is 7.11 Å². The van der Waals surface area contributed by atoms with Crippen LogP contribution in [0.5, 0.6) is 5.75 Å². The molecule has 5 heteroatoms. The van der Waals surface area contributed by atoms with Crippen LogP contribution in [0, 0.1) is 6.92 Å². The van der Waals surface area contributed by atoms with Crippen molar-refractivity contribution in [1.82, 2.24) is 15.2 Å². The summed E-state index contributed by atoms with van der Waals surface area (Å²) in [5, 5.41) is 8.04. The standard InChI is InChI=1S/C14H15N3O2/c1-4-13-12(5-9(2)16-17-13)14(18)10-6-11(19-3)8-15-7-10/h5-8H,4H2,1-3H3. The van der Waals surface area contributed by atoms with Gasteiger partial charge in [0.25, 0.3) is 0 Å². The predicted octanol–water partition coefficient (Wildman–Crippen LogP) is 1.98. The van der Waals surface area contributed by atoms with Crippen LogP contribution in [0.3, 0.4) is 0 Å². The number of ketones is 1. The van der Waals surface area contributed by atoms with Gasteiger partial charge in [0.2, 0.25) is 0 Å². The predicted molar refractivity (Wildman–Crippen MR) is 70.4 cm³/mol. The molecule has 98 valence electrons. The maximum Gasteiger partial charge on any atom is 0.196 e. The largest absolute Gasteiger partial charge is 0.495 e. The molecule has 0 N–H and O–H groups in total. The zero-order valence-corrected chi connectivity index (χ0v) is 11.2. The molecule has 0 aromatic carbocycles. The summed E-state index contributed by atoms with van der Waals surface area (Å²) < 4.78 is 5.08. The van der Waals surface area contributed by atoms with E-state index in [0.717, 1.165) is 5.69 Å². The molecule has 0 aliphatic heterocycles. The number of methoxy groups -OCH3 is 1. The third kappa shape index (κ3) is 2.76. The SMILES string of the molecule is CCc1nnc(C)cc1C(=O)c1cncc(OC)c1. The smallest absolute Gasteiger partial charge is 0.196 e. The number of rotatable bonds is 4. The molecule has 0 saturated heterocycles. The second-order valence-corrected chi connectivity index (χ2v) is 4.14. The summed E-state index contributed by atoms with van der Waals surface area (Å²) in [5.74, 6) is 0.448. The van der Waals surface area contributed by atoms with Crippen LogP contribution in [-0.4, -0.2) is 28.1 Å². The van der Waals surface area contributed by atoms with Crippen molar-refractivity contribution in [2.24, 2.45) is 0 Å². The Kier molecular flexibility index (Phi) is 3.85. The van der Waals surface area contributed by atoms with Gasteiger partial charge < -0.3 is 4.74 Å². The second-order valence-electron chi connectivity index (χ2n) is 4.14. The molecular formula is C14H15N3O2. The molecular weight excluding hydrogens is 242 g/mol. The number of aryl methyl sites for hydroxylation is 2. The highest BCUT2D eigenvalue weighted by atomic mass is 16.5. The van der Waals surface area contributed by atoms with E-state index in [-0.39, 0.29) is 5.78 Å². The van der Waals surface area contributed by atoms with E-state index in [1.807, 2.05) is 13.8 Å². The third-order valence-corrected chi connectivity index (χ3v) is 2.78. The van der Waals surface area contributed by atoms with Gasteiger partial charge in [-0.2, -0.15) is 10.2 Å². The second kappa shape index (κ2) is 5.56. The van der Waals surface area contributed by atoms with E-state index in [1.54, 1.807) is 25.4 Å². The van der Waals surface area contributed by atoms with E-state index in [4.69, 9.17) is 4.74 Å². The molecule has 2 rings (SSSR count). The number of ether oxygens (including phenoxy) is 1. The van der Waals surface area contributed by atoms with Crippen LogP contribution in [0.2, 0.25) is 0 Å². The van der Waals surface area contributed by atoms with Gasteiger partial charge in [-0.1, -0.05) is 6.92 Å². The summed E-state index contributed by atoms with van der Waals surface area (Å²) in [4.78, 5) is 16.5. The first-order valence-corrected chi connectivity index (χ1v) is 6.02. The van der Waals surface area contributed by atoms with E-state index >= 15 is 0 Å². The maximum absolute atomic E-state index is 12.5. The molecule has 2 aromatic heterocycles. The van der Waals surface area contributed by atoms with Crippen molar-refractivity contribution in [3.05, 3.63) is 47.0 Å². The van der Waals surface area contributed by atoms with Crippen molar-refractivity contribution in [3.63, 3.8) is 0 Å². The van der Waals surface area contributed by atoms with Crippen molar-refractivity contribution < 1.29 is 9.53 Å². The molecule has 2 aromatic rings. The Balaban J connectivity index is 2.46. The van der Waals surface area contributed by atoms with Crippen LogP contribution in [0.1, 0.15) is 34.2 Å². The van der Waals surface area contributed by atoms with E-state index in [0.29, 0.717) is 29.0 Å². The van der Waals surface area contributed by atoms with Crippen molar-refractivity contribution >= 4 is 5.78 Å². The number of nitrogens with zero attached hydrogens (tertiary/aromatic N) is 3. The van der Waals surface area contributed by atoms with Gasteiger partial charge in [0, 0.05) is 17.3 Å². The van der Waals surface area contributed by atoms with Crippen molar-refractivity contribution in [2.45, 2.75) is 20.3 Å². The Morgan fingerprint density at radius 3 is 2.74 bits per heavy atom. The van der Waals surface area contributed by atoms with Crippen LogP contribution in [0.15, 0.2) is 24.5 Å². The summed E-state index contributed by atoms with van der Waals surface area (Å²) in [7, 11) is 1.54.